The molecule has 3 heterocycles. The van der Waals surface area contributed by atoms with Gasteiger partial charge in [0.15, 0.2) is 0 Å². The Morgan fingerprint density at radius 3 is 2.57 bits per heavy atom. The second-order valence-corrected chi connectivity index (χ2v) is 6.22. The molecule has 1 amide bonds. The topological polar surface area (TPSA) is 59.2 Å². The van der Waals surface area contributed by atoms with E-state index in [2.05, 4.69) is 15.1 Å². The van der Waals surface area contributed by atoms with Gasteiger partial charge in [-0.15, -0.1) is 0 Å². The maximum atomic E-state index is 12.7. The Kier molecular flexibility index (Phi) is 4.47. The molecular formula is C16H24N6O. The predicted molar refractivity (Wildman–Crippen MR) is 86.7 cm³/mol. The maximum Gasteiger partial charge on any atom is 0.247 e. The van der Waals surface area contributed by atoms with Crippen LogP contribution in [0.3, 0.4) is 0 Å². The van der Waals surface area contributed by atoms with Crippen LogP contribution in [0.15, 0.2) is 24.7 Å². The summed E-state index contributed by atoms with van der Waals surface area (Å²) in [7, 11) is 1.93. The summed E-state index contributed by atoms with van der Waals surface area (Å²) in [6.45, 7) is 8.11. The average molecular weight is 316 g/mol. The minimum atomic E-state index is -0.241. The van der Waals surface area contributed by atoms with E-state index in [0.717, 1.165) is 38.4 Å². The molecule has 2 aromatic rings. The van der Waals surface area contributed by atoms with E-state index in [4.69, 9.17) is 0 Å². The van der Waals surface area contributed by atoms with Crippen molar-refractivity contribution >= 4 is 5.91 Å². The zero-order valence-corrected chi connectivity index (χ0v) is 14.0. The lowest BCUT2D eigenvalue weighted by Gasteiger charge is -2.35. The van der Waals surface area contributed by atoms with Gasteiger partial charge in [-0.1, -0.05) is 0 Å². The van der Waals surface area contributed by atoms with Crippen LogP contribution in [0, 0.1) is 6.92 Å². The lowest BCUT2D eigenvalue weighted by atomic mass is 10.2. The number of amides is 1. The summed E-state index contributed by atoms with van der Waals surface area (Å²) in [5, 5.41) is 8.46. The van der Waals surface area contributed by atoms with E-state index in [0.29, 0.717) is 0 Å². The van der Waals surface area contributed by atoms with E-state index >= 15 is 0 Å². The minimum absolute atomic E-state index is 0.151. The first-order valence-electron chi connectivity index (χ1n) is 8.03. The molecule has 1 unspecified atom stereocenters. The second-order valence-electron chi connectivity index (χ2n) is 6.22. The summed E-state index contributed by atoms with van der Waals surface area (Å²) in [5.74, 6) is 0.151. The summed E-state index contributed by atoms with van der Waals surface area (Å²) in [5.41, 5.74) is 2.23. The maximum absolute atomic E-state index is 12.7. The van der Waals surface area contributed by atoms with Gasteiger partial charge >= 0.3 is 0 Å². The third kappa shape index (κ3) is 3.44. The van der Waals surface area contributed by atoms with Gasteiger partial charge in [0.2, 0.25) is 5.91 Å². The van der Waals surface area contributed by atoms with Gasteiger partial charge in [-0.25, -0.2) is 0 Å². The number of carbonyl (C=O) groups is 1. The van der Waals surface area contributed by atoms with Crippen LogP contribution in [0.2, 0.25) is 0 Å². The molecule has 0 saturated carbocycles. The molecule has 2 aromatic heterocycles. The van der Waals surface area contributed by atoms with Crippen LogP contribution < -0.4 is 0 Å². The largest absolute Gasteiger partial charge is 0.338 e. The van der Waals surface area contributed by atoms with Gasteiger partial charge in [-0.05, 0) is 19.9 Å². The van der Waals surface area contributed by atoms with Crippen molar-refractivity contribution in [3.05, 3.63) is 35.9 Å². The summed E-state index contributed by atoms with van der Waals surface area (Å²) in [4.78, 5) is 17.0. The van der Waals surface area contributed by atoms with Gasteiger partial charge in [0.25, 0.3) is 0 Å². The van der Waals surface area contributed by atoms with E-state index in [1.165, 1.54) is 5.56 Å². The van der Waals surface area contributed by atoms with Crippen LogP contribution in [-0.4, -0.2) is 61.4 Å². The molecule has 1 aliphatic heterocycles. The minimum Gasteiger partial charge on any atom is -0.338 e. The molecule has 3 rings (SSSR count). The summed E-state index contributed by atoms with van der Waals surface area (Å²) in [6.07, 6.45) is 5.69. The molecule has 0 radical (unpaired) electrons. The van der Waals surface area contributed by atoms with Gasteiger partial charge < -0.3 is 4.90 Å². The molecule has 7 nitrogen and oxygen atoms in total. The number of aryl methyl sites for hydroxylation is 2. The Bertz CT molecular complexity index is 668. The van der Waals surface area contributed by atoms with Gasteiger partial charge in [-0.3, -0.25) is 19.1 Å². The van der Waals surface area contributed by atoms with Crippen LogP contribution in [0.4, 0.5) is 0 Å². The molecule has 1 fully saturated rings. The average Bonchev–Trinajstić information content (AvgIpc) is 3.15. The highest BCUT2D eigenvalue weighted by atomic mass is 16.2. The van der Waals surface area contributed by atoms with Gasteiger partial charge in [0, 0.05) is 63.4 Å². The van der Waals surface area contributed by atoms with Gasteiger partial charge in [-0.2, -0.15) is 10.2 Å². The number of nitrogens with zero attached hydrogens (tertiary/aromatic N) is 6. The fraction of sp³-hybridized carbons (Fsp3) is 0.562. The molecule has 0 aliphatic carbocycles. The second kappa shape index (κ2) is 6.54. The number of piperazine rings is 1. The number of carbonyl (C=O) groups excluding carboxylic acids is 1. The number of hydrogen-bond donors (Lipinski definition) is 0. The number of rotatable bonds is 4. The highest BCUT2D eigenvalue weighted by molar-refractivity contribution is 5.80. The zero-order chi connectivity index (χ0) is 16.4. The first-order valence-corrected chi connectivity index (χ1v) is 8.03. The monoisotopic (exact) mass is 316 g/mol. The highest BCUT2D eigenvalue weighted by Gasteiger charge is 2.26. The van der Waals surface area contributed by atoms with E-state index in [1.54, 1.807) is 10.9 Å². The smallest absolute Gasteiger partial charge is 0.247 e. The Morgan fingerprint density at radius 2 is 2.00 bits per heavy atom. The van der Waals surface area contributed by atoms with Crippen molar-refractivity contribution in [1.29, 1.82) is 0 Å². The standard InChI is InChI=1S/C16H24N6O/c1-13-4-5-17-22(13)14(2)16(23)21-8-6-20(7-9-21)12-15-10-18-19(3)11-15/h4-5,10-11,14H,6-9,12H2,1-3H3. The Balaban J connectivity index is 1.54. The molecule has 1 saturated heterocycles. The SMILES string of the molecule is Cc1ccnn1C(C)C(=O)N1CCN(Cc2cnn(C)c2)CC1. The Morgan fingerprint density at radius 1 is 1.26 bits per heavy atom. The normalized spacial score (nSPS) is 17.4. The lowest BCUT2D eigenvalue weighted by molar-refractivity contribution is -0.136. The van der Waals surface area contributed by atoms with E-state index in [-0.39, 0.29) is 11.9 Å². The van der Waals surface area contributed by atoms with Crippen LogP contribution in [-0.2, 0) is 18.4 Å². The third-order valence-corrected chi connectivity index (χ3v) is 4.44. The third-order valence-electron chi connectivity index (χ3n) is 4.44. The predicted octanol–water partition coefficient (Wildman–Crippen LogP) is 0.830. The Labute approximate surface area is 136 Å². The van der Waals surface area contributed by atoms with Crippen molar-refractivity contribution in [2.75, 3.05) is 26.2 Å². The molecule has 7 heteroatoms. The molecule has 1 aliphatic rings. The quantitative estimate of drug-likeness (QED) is 0.838. The summed E-state index contributed by atoms with van der Waals surface area (Å²) < 4.78 is 3.62. The molecule has 0 spiro atoms. The van der Waals surface area contributed by atoms with Crippen molar-refractivity contribution in [3.8, 4) is 0 Å². The van der Waals surface area contributed by atoms with Crippen LogP contribution >= 0.6 is 0 Å². The first-order chi connectivity index (χ1) is 11.0. The highest BCUT2D eigenvalue weighted by Crippen LogP contribution is 2.14. The molecule has 0 bridgehead atoms. The number of aromatic nitrogens is 4. The molecule has 0 N–H and O–H groups in total. The first kappa shape index (κ1) is 15.7. The van der Waals surface area contributed by atoms with E-state index in [1.807, 2.05) is 48.9 Å². The number of hydrogen-bond acceptors (Lipinski definition) is 4. The van der Waals surface area contributed by atoms with Crippen LogP contribution in [0.1, 0.15) is 24.2 Å². The lowest BCUT2D eigenvalue weighted by Crippen LogP contribution is -2.50. The van der Waals surface area contributed by atoms with Crippen LogP contribution in [0.5, 0.6) is 0 Å². The van der Waals surface area contributed by atoms with Crippen molar-refractivity contribution in [1.82, 2.24) is 29.4 Å². The van der Waals surface area contributed by atoms with Crippen molar-refractivity contribution in [2.45, 2.75) is 26.4 Å². The summed E-state index contributed by atoms with van der Waals surface area (Å²) in [6, 6.07) is 1.69. The van der Waals surface area contributed by atoms with Crippen molar-refractivity contribution < 1.29 is 4.79 Å². The zero-order valence-electron chi connectivity index (χ0n) is 14.0. The van der Waals surface area contributed by atoms with Gasteiger partial charge in [0.1, 0.15) is 6.04 Å². The summed E-state index contributed by atoms with van der Waals surface area (Å²) >= 11 is 0. The van der Waals surface area contributed by atoms with E-state index in [9.17, 15) is 4.79 Å². The molecule has 124 valence electrons. The molecule has 1 atom stereocenters. The fourth-order valence-corrected chi connectivity index (χ4v) is 3.09. The van der Waals surface area contributed by atoms with Crippen LogP contribution in [0.25, 0.3) is 0 Å². The van der Waals surface area contributed by atoms with Crippen molar-refractivity contribution in [2.24, 2.45) is 7.05 Å². The van der Waals surface area contributed by atoms with Gasteiger partial charge in [0.05, 0.1) is 6.20 Å². The fourth-order valence-electron chi connectivity index (χ4n) is 3.09. The van der Waals surface area contributed by atoms with E-state index < -0.39 is 0 Å². The Hall–Kier alpha value is -2.15. The van der Waals surface area contributed by atoms with Crippen molar-refractivity contribution in [3.63, 3.8) is 0 Å². The molecule has 23 heavy (non-hydrogen) atoms. The molecule has 0 aromatic carbocycles. The molecular weight excluding hydrogens is 292 g/mol.